The van der Waals surface area contributed by atoms with Gasteiger partial charge in [-0.3, -0.25) is 0 Å². The highest BCUT2D eigenvalue weighted by Crippen LogP contribution is 1.99. The molecule has 0 saturated heterocycles. The van der Waals surface area contributed by atoms with Crippen LogP contribution in [0.4, 0.5) is 0 Å². The molecule has 0 aromatic heterocycles. The van der Waals surface area contributed by atoms with E-state index in [1.54, 1.807) is 0 Å². The third kappa shape index (κ3) is 7.96. The number of unbranched alkanes of at least 4 members (excludes halogenated alkanes) is 3. The van der Waals surface area contributed by atoms with Crippen molar-refractivity contribution in [3.63, 3.8) is 0 Å². The van der Waals surface area contributed by atoms with E-state index in [-0.39, 0.29) is 0 Å². The van der Waals surface area contributed by atoms with Gasteiger partial charge in [0.2, 0.25) is 0 Å². The van der Waals surface area contributed by atoms with E-state index in [9.17, 15) is 0 Å². The highest BCUT2D eigenvalue weighted by molar-refractivity contribution is 4.45. The zero-order valence-electron chi connectivity index (χ0n) is 7.23. The van der Waals surface area contributed by atoms with Crippen LogP contribution in [0.5, 0.6) is 0 Å². The normalized spacial score (nSPS) is 10.2. The predicted octanol–water partition coefficient (Wildman–Crippen LogP) is 3.16. The molecule has 0 aromatic carbocycles. The summed E-state index contributed by atoms with van der Waals surface area (Å²) in [5.74, 6) is 0. The molecule has 61 valence electrons. The maximum atomic E-state index is 5.20. The fourth-order valence-corrected chi connectivity index (χ4v) is 0.813. The molecule has 0 aromatic rings. The van der Waals surface area contributed by atoms with Crippen LogP contribution in [0.2, 0.25) is 0 Å². The van der Waals surface area contributed by atoms with Crippen molar-refractivity contribution >= 4 is 0 Å². The molecule has 0 atom stereocenters. The first-order valence-corrected chi connectivity index (χ1v) is 4.35. The average Bonchev–Trinajstić information content (AvgIpc) is 1.97. The molecule has 0 spiro atoms. The van der Waals surface area contributed by atoms with Crippen LogP contribution < -0.4 is 0 Å². The van der Waals surface area contributed by atoms with E-state index in [0.717, 1.165) is 13.0 Å². The summed E-state index contributed by atoms with van der Waals surface area (Å²) in [4.78, 5) is 0. The molecule has 0 amide bonds. The molecule has 0 rings (SSSR count). The van der Waals surface area contributed by atoms with E-state index in [2.05, 4.69) is 13.8 Å². The Morgan fingerprint density at radius 3 is 2.50 bits per heavy atom. The maximum Gasteiger partial charge on any atom is 0.0833 e. The fraction of sp³-hybridized carbons (Fsp3) is 0.889. The Kier molecular flexibility index (Phi) is 8.92. The molecule has 0 saturated carbocycles. The van der Waals surface area contributed by atoms with E-state index in [1.165, 1.54) is 25.7 Å². The minimum absolute atomic E-state index is 0.911. The first-order valence-electron chi connectivity index (χ1n) is 4.35. The second-order valence-corrected chi connectivity index (χ2v) is 2.51. The van der Waals surface area contributed by atoms with Crippen LogP contribution in [0.25, 0.3) is 0 Å². The molecule has 0 unspecified atom stereocenters. The van der Waals surface area contributed by atoms with Crippen LogP contribution in [0.1, 0.15) is 46.0 Å². The monoisotopic (exact) mass is 143 g/mol. The van der Waals surface area contributed by atoms with Gasteiger partial charge in [-0.2, -0.15) is 0 Å². The van der Waals surface area contributed by atoms with Gasteiger partial charge in [0.25, 0.3) is 0 Å². The molecule has 0 aliphatic carbocycles. The predicted molar refractivity (Wildman–Crippen MR) is 44.7 cm³/mol. The summed E-state index contributed by atoms with van der Waals surface area (Å²) in [6.07, 6.45) is 6.19. The van der Waals surface area contributed by atoms with E-state index in [4.69, 9.17) is 4.74 Å². The summed E-state index contributed by atoms with van der Waals surface area (Å²) < 4.78 is 5.20. The van der Waals surface area contributed by atoms with Gasteiger partial charge in [-0.1, -0.05) is 33.1 Å². The van der Waals surface area contributed by atoms with E-state index < -0.39 is 0 Å². The molecule has 0 fully saturated rings. The fourth-order valence-electron chi connectivity index (χ4n) is 0.813. The largest absolute Gasteiger partial charge is 0.376 e. The first-order chi connectivity index (χ1) is 4.91. The second kappa shape index (κ2) is 8.96. The van der Waals surface area contributed by atoms with Gasteiger partial charge < -0.3 is 4.74 Å². The molecule has 0 heterocycles. The van der Waals surface area contributed by atoms with Gasteiger partial charge >= 0.3 is 0 Å². The Balaban J connectivity index is 2.65. The third-order valence-electron chi connectivity index (χ3n) is 1.40. The lowest BCUT2D eigenvalue weighted by Crippen LogP contribution is -1.90. The summed E-state index contributed by atoms with van der Waals surface area (Å²) in [6, 6.07) is 0. The molecule has 0 bridgehead atoms. The van der Waals surface area contributed by atoms with Crippen molar-refractivity contribution in [2.75, 3.05) is 6.61 Å². The van der Waals surface area contributed by atoms with Crippen molar-refractivity contribution in [1.29, 1.82) is 0 Å². The number of ether oxygens (including phenoxy) is 1. The number of hydrogen-bond acceptors (Lipinski definition) is 1. The van der Waals surface area contributed by atoms with Crippen molar-refractivity contribution in [3.8, 4) is 0 Å². The van der Waals surface area contributed by atoms with Crippen molar-refractivity contribution in [2.24, 2.45) is 0 Å². The van der Waals surface area contributed by atoms with Crippen molar-refractivity contribution in [2.45, 2.75) is 46.0 Å². The zero-order chi connectivity index (χ0) is 7.66. The van der Waals surface area contributed by atoms with Gasteiger partial charge in [-0.15, -0.1) is 0 Å². The SMILES string of the molecule is CC[CH]OCCCCCC. The van der Waals surface area contributed by atoms with Crippen LogP contribution in [0.3, 0.4) is 0 Å². The van der Waals surface area contributed by atoms with Crippen molar-refractivity contribution in [1.82, 2.24) is 0 Å². The third-order valence-corrected chi connectivity index (χ3v) is 1.40. The van der Waals surface area contributed by atoms with Crippen LogP contribution in [0.15, 0.2) is 0 Å². The van der Waals surface area contributed by atoms with Crippen LogP contribution in [-0.4, -0.2) is 6.61 Å². The van der Waals surface area contributed by atoms with Gasteiger partial charge in [0.15, 0.2) is 0 Å². The molecular formula is C9H19O. The second-order valence-electron chi connectivity index (χ2n) is 2.51. The summed E-state index contributed by atoms with van der Waals surface area (Å²) in [6.45, 7) is 7.10. The molecule has 1 radical (unpaired) electrons. The Morgan fingerprint density at radius 1 is 1.10 bits per heavy atom. The Labute approximate surface area is 64.8 Å². The molecule has 0 N–H and O–H groups in total. The van der Waals surface area contributed by atoms with Crippen molar-refractivity contribution in [3.05, 3.63) is 6.61 Å². The standard InChI is InChI=1S/C9H19O/c1-3-5-6-7-9-10-8-4-2/h8H,3-7,9H2,1-2H3. The van der Waals surface area contributed by atoms with E-state index >= 15 is 0 Å². The van der Waals surface area contributed by atoms with Gasteiger partial charge in [0, 0.05) is 6.61 Å². The highest BCUT2D eigenvalue weighted by Gasteiger charge is 1.87. The maximum absolute atomic E-state index is 5.20. The van der Waals surface area contributed by atoms with Crippen LogP contribution in [-0.2, 0) is 4.74 Å². The topological polar surface area (TPSA) is 9.23 Å². The van der Waals surface area contributed by atoms with Gasteiger partial charge in [-0.25, -0.2) is 0 Å². The molecular weight excluding hydrogens is 124 g/mol. The summed E-state index contributed by atoms with van der Waals surface area (Å²) in [5.41, 5.74) is 0. The molecule has 0 aliphatic heterocycles. The summed E-state index contributed by atoms with van der Waals surface area (Å²) >= 11 is 0. The minimum atomic E-state index is 0.911. The van der Waals surface area contributed by atoms with E-state index in [1.807, 2.05) is 6.61 Å². The first kappa shape index (κ1) is 9.96. The Bertz CT molecular complexity index is 44.7. The highest BCUT2D eigenvalue weighted by atomic mass is 16.5. The zero-order valence-corrected chi connectivity index (χ0v) is 7.23. The quantitative estimate of drug-likeness (QED) is 0.497. The number of rotatable bonds is 7. The lowest BCUT2D eigenvalue weighted by Gasteiger charge is -1.99. The number of hydrogen-bond donors (Lipinski definition) is 0. The van der Waals surface area contributed by atoms with Crippen LogP contribution >= 0.6 is 0 Å². The summed E-state index contributed by atoms with van der Waals surface area (Å²) in [7, 11) is 0. The van der Waals surface area contributed by atoms with Crippen molar-refractivity contribution < 1.29 is 4.74 Å². The van der Waals surface area contributed by atoms with E-state index in [0.29, 0.717) is 0 Å². The smallest absolute Gasteiger partial charge is 0.0833 e. The lowest BCUT2D eigenvalue weighted by atomic mass is 10.2. The van der Waals surface area contributed by atoms with Gasteiger partial charge in [0.05, 0.1) is 6.61 Å². The summed E-state index contributed by atoms with van der Waals surface area (Å²) in [5, 5.41) is 0. The van der Waals surface area contributed by atoms with Gasteiger partial charge in [0.1, 0.15) is 0 Å². The minimum Gasteiger partial charge on any atom is -0.376 e. The average molecular weight is 143 g/mol. The molecule has 1 heteroatoms. The van der Waals surface area contributed by atoms with Crippen LogP contribution in [0, 0.1) is 6.61 Å². The molecule has 1 nitrogen and oxygen atoms in total. The lowest BCUT2D eigenvalue weighted by molar-refractivity contribution is 0.188. The Hall–Kier alpha value is -0.0400. The molecule has 10 heavy (non-hydrogen) atoms. The Morgan fingerprint density at radius 2 is 1.90 bits per heavy atom. The van der Waals surface area contributed by atoms with Gasteiger partial charge in [-0.05, 0) is 12.8 Å². The molecule has 0 aliphatic rings.